The van der Waals surface area contributed by atoms with Gasteiger partial charge in [0.05, 0.1) is 5.69 Å². The van der Waals surface area contributed by atoms with Gasteiger partial charge >= 0.3 is 0 Å². The Morgan fingerprint density at radius 3 is 2.29 bits per heavy atom. The lowest BCUT2D eigenvalue weighted by atomic mass is 10.1. The topological polar surface area (TPSA) is 52.7 Å². The van der Waals surface area contributed by atoms with Crippen LogP contribution in [0.25, 0.3) is 6.08 Å². The van der Waals surface area contributed by atoms with Gasteiger partial charge < -0.3 is 4.90 Å². The van der Waals surface area contributed by atoms with Gasteiger partial charge in [-0.25, -0.2) is 5.01 Å². The largest absolute Gasteiger partial charge is 0.369 e. The summed E-state index contributed by atoms with van der Waals surface area (Å²) in [6.07, 6.45) is 1.57. The van der Waals surface area contributed by atoms with E-state index in [0.29, 0.717) is 35.6 Å². The van der Waals surface area contributed by atoms with Crippen LogP contribution in [0.15, 0.2) is 54.1 Å². The SMILES string of the molecule is O=C1NN(c2cccc(Cl)c2)C(=O)/C1=C/c1ccc(N(CCCl)CCCl)cc1. The third-order valence-electron chi connectivity index (χ3n) is 4.24. The van der Waals surface area contributed by atoms with Crippen LogP contribution in [0.3, 0.4) is 0 Å². The summed E-state index contributed by atoms with van der Waals surface area (Å²) < 4.78 is 0. The molecule has 2 aromatic rings. The van der Waals surface area contributed by atoms with Crippen LogP contribution in [-0.2, 0) is 9.59 Å². The number of alkyl halides is 2. The average Bonchev–Trinajstić information content (AvgIpc) is 2.97. The lowest BCUT2D eigenvalue weighted by molar-refractivity contribution is -0.117. The molecule has 1 N–H and O–H groups in total. The lowest BCUT2D eigenvalue weighted by Gasteiger charge is -2.22. The maximum Gasteiger partial charge on any atom is 0.282 e. The Balaban J connectivity index is 1.81. The molecule has 8 heteroatoms. The van der Waals surface area contributed by atoms with Crippen molar-refractivity contribution in [1.29, 1.82) is 0 Å². The van der Waals surface area contributed by atoms with E-state index in [1.165, 1.54) is 5.01 Å². The molecule has 0 spiro atoms. The van der Waals surface area contributed by atoms with Crippen LogP contribution in [-0.4, -0.2) is 36.7 Å². The highest BCUT2D eigenvalue weighted by atomic mass is 35.5. The predicted molar refractivity (Wildman–Crippen MR) is 115 cm³/mol. The van der Waals surface area contributed by atoms with Gasteiger partial charge in [-0.1, -0.05) is 29.8 Å². The van der Waals surface area contributed by atoms with Crippen molar-refractivity contribution in [3.8, 4) is 0 Å². The molecule has 1 aliphatic heterocycles. The zero-order valence-corrected chi connectivity index (χ0v) is 17.1. The molecule has 1 heterocycles. The normalized spacial score (nSPS) is 15.2. The highest BCUT2D eigenvalue weighted by molar-refractivity contribution is 6.33. The molecule has 0 aliphatic carbocycles. The van der Waals surface area contributed by atoms with Crippen molar-refractivity contribution in [2.75, 3.05) is 34.8 Å². The number of nitrogens with zero attached hydrogens (tertiary/aromatic N) is 2. The molecule has 1 saturated heterocycles. The maximum atomic E-state index is 12.7. The van der Waals surface area contributed by atoms with Crippen molar-refractivity contribution in [3.05, 3.63) is 64.7 Å². The maximum absolute atomic E-state index is 12.7. The van der Waals surface area contributed by atoms with E-state index < -0.39 is 11.8 Å². The second-order valence-corrected chi connectivity index (χ2v) is 7.27. The number of nitrogens with one attached hydrogen (secondary N) is 1. The molecule has 0 unspecified atom stereocenters. The summed E-state index contributed by atoms with van der Waals surface area (Å²) in [5.74, 6) is 0.107. The Morgan fingerprint density at radius 2 is 1.68 bits per heavy atom. The van der Waals surface area contributed by atoms with Crippen molar-refractivity contribution >= 4 is 64.1 Å². The lowest BCUT2D eigenvalue weighted by Crippen LogP contribution is -2.35. The van der Waals surface area contributed by atoms with Crippen LogP contribution in [0, 0.1) is 0 Å². The first-order valence-electron chi connectivity index (χ1n) is 8.63. The average molecular weight is 439 g/mol. The number of carbonyl (C=O) groups excluding carboxylic acids is 2. The minimum absolute atomic E-state index is 0.0612. The van der Waals surface area contributed by atoms with Gasteiger partial charge in [0.25, 0.3) is 11.8 Å². The highest BCUT2D eigenvalue weighted by Gasteiger charge is 2.34. The first kappa shape index (κ1) is 20.5. The standard InChI is InChI=1S/C20H18Cl3N3O2/c21-8-10-25(11-9-22)16-6-4-14(5-7-16)12-18-19(27)24-26(20(18)28)17-3-1-2-15(23)13-17/h1-7,12-13H,8-11H2,(H,24,27)/b18-12+. The van der Waals surface area contributed by atoms with E-state index in [0.717, 1.165) is 11.3 Å². The molecule has 0 saturated carbocycles. The monoisotopic (exact) mass is 437 g/mol. The summed E-state index contributed by atoms with van der Waals surface area (Å²) in [5, 5.41) is 1.67. The first-order valence-corrected chi connectivity index (χ1v) is 10.1. The number of hydrazine groups is 1. The minimum atomic E-state index is -0.458. The Morgan fingerprint density at radius 1 is 1.00 bits per heavy atom. The van der Waals surface area contributed by atoms with Gasteiger partial charge in [-0.15, -0.1) is 23.2 Å². The summed E-state index contributed by atoms with van der Waals surface area (Å²) >= 11 is 17.7. The molecule has 0 radical (unpaired) electrons. The number of anilines is 2. The van der Waals surface area contributed by atoms with Crippen LogP contribution in [0.4, 0.5) is 11.4 Å². The van der Waals surface area contributed by atoms with Gasteiger partial charge in [-0.05, 0) is 42.0 Å². The van der Waals surface area contributed by atoms with Crippen molar-refractivity contribution < 1.29 is 9.59 Å². The van der Waals surface area contributed by atoms with Gasteiger partial charge in [0.15, 0.2) is 0 Å². The number of halogens is 3. The zero-order valence-electron chi connectivity index (χ0n) is 14.9. The Labute approximate surface area is 178 Å². The molecule has 0 aromatic heterocycles. The van der Waals surface area contributed by atoms with Gasteiger partial charge in [-0.3, -0.25) is 15.0 Å². The van der Waals surface area contributed by atoms with Gasteiger partial charge in [0, 0.05) is 35.6 Å². The molecule has 3 rings (SSSR count). The van der Waals surface area contributed by atoms with Crippen LogP contribution in [0.1, 0.15) is 5.56 Å². The van der Waals surface area contributed by atoms with Crippen molar-refractivity contribution in [1.82, 2.24) is 5.43 Å². The zero-order chi connectivity index (χ0) is 20.1. The number of hydrogen-bond donors (Lipinski definition) is 1. The van der Waals surface area contributed by atoms with E-state index in [-0.39, 0.29) is 5.57 Å². The molecule has 146 valence electrons. The second kappa shape index (κ2) is 9.32. The fourth-order valence-electron chi connectivity index (χ4n) is 2.88. The summed E-state index contributed by atoms with van der Waals surface area (Å²) in [7, 11) is 0. The molecule has 0 bridgehead atoms. The van der Waals surface area contributed by atoms with Crippen LogP contribution in [0.5, 0.6) is 0 Å². The van der Waals surface area contributed by atoms with E-state index in [1.54, 1.807) is 30.3 Å². The quantitative estimate of drug-likeness (QED) is 0.402. The van der Waals surface area contributed by atoms with Crippen molar-refractivity contribution in [2.45, 2.75) is 0 Å². The van der Waals surface area contributed by atoms with Gasteiger partial charge in [-0.2, -0.15) is 0 Å². The number of amides is 2. The Bertz CT molecular complexity index is 894. The van der Waals surface area contributed by atoms with Crippen LogP contribution in [0.2, 0.25) is 5.02 Å². The van der Waals surface area contributed by atoms with Crippen molar-refractivity contribution in [2.24, 2.45) is 0 Å². The van der Waals surface area contributed by atoms with E-state index in [4.69, 9.17) is 34.8 Å². The van der Waals surface area contributed by atoms with Gasteiger partial charge in [0.2, 0.25) is 0 Å². The minimum Gasteiger partial charge on any atom is -0.369 e. The van der Waals surface area contributed by atoms with Crippen molar-refractivity contribution in [3.63, 3.8) is 0 Å². The number of rotatable bonds is 7. The molecule has 5 nitrogen and oxygen atoms in total. The molecule has 1 fully saturated rings. The first-order chi connectivity index (χ1) is 13.5. The van der Waals surface area contributed by atoms with Gasteiger partial charge in [0.1, 0.15) is 5.57 Å². The summed E-state index contributed by atoms with van der Waals surface area (Å²) in [4.78, 5) is 27.0. The van der Waals surface area contributed by atoms with E-state index in [9.17, 15) is 9.59 Å². The predicted octanol–water partition coefficient (Wildman–Crippen LogP) is 4.09. The highest BCUT2D eigenvalue weighted by Crippen LogP contribution is 2.24. The molecule has 1 aliphatic rings. The molecular weight excluding hydrogens is 421 g/mol. The number of hydrogen-bond acceptors (Lipinski definition) is 3. The Hall–Kier alpha value is -2.21. The molecule has 0 atom stereocenters. The third-order valence-corrected chi connectivity index (χ3v) is 4.81. The smallest absolute Gasteiger partial charge is 0.282 e. The van der Waals surface area contributed by atoms with Crippen LogP contribution >= 0.6 is 34.8 Å². The van der Waals surface area contributed by atoms with E-state index >= 15 is 0 Å². The fraction of sp³-hybridized carbons (Fsp3) is 0.200. The Kier molecular flexibility index (Phi) is 6.83. The molecule has 2 amide bonds. The summed E-state index contributed by atoms with van der Waals surface area (Å²) in [6.45, 7) is 1.37. The number of carbonyl (C=O) groups is 2. The fourth-order valence-corrected chi connectivity index (χ4v) is 3.47. The third kappa shape index (κ3) is 4.61. The second-order valence-electron chi connectivity index (χ2n) is 6.08. The van der Waals surface area contributed by atoms with Crippen LogP contribution < -0.4 is 15.3 Å². The summed E-state index contributed by atoms with van der Waals surface area (Å²) in [5.41, 5.74) is 4.84. The molecular formula is C20H18Cl3N3O2. The summed E-state index contributed by atoms with van der Waals surface area (Å²) in [6, 6.07) is 14.2. The van der Waals surface area contributed by atoms with E-state index in [2.05, 4.69) is 10.3 Å². The number of benzene rings is 2. The molecule has 28 heavy (non-hydrogen) atoms. The van der Waals surface area contributed by atoms with E-state index in [1.807, 2.05) is 24.3 Å². The molecule has 2 aromatic carbocycles.